The van der Waals surface area contributed by atoms with E-state index in [0.29, 0.717) is 6.04 Å². The topological polar surface area (TPSA) is 39.0 Å². The quantitative estimate of drug-likeness (QED) is 0.783. The summed E-state index contributed by atoms with van der Waals surface area (Å²) in [5, 5.41) is 3.31. The summed E-state index contributed by atoms with van der Waals surface area (Å²) in [5.74, 6) is 0.770. The molecule has 16 heavy (non-hydrogen) atoms. The number of aryl methyl sites for hydroxylation is 1. The molecular formula is C12H21N3O. The van der Waals surface area contributed by atoms with Gasteiger partial charge in [-0.25, -0.2) is 4.79 Å². The largest absolute Gasteiger partial charge is 0.328 e. The number of nitrogens with one attached hydrogen (secondary N) is 1. The molecule has 1 aromatic heterocycles. The molecule has 4 heteroatoms. The van der Waals surface area contributed by atoms with Gasteiger partial charge in [0.15, 0.2) is 0 Å². The molecule has 1 aliphatic rings. The molecule has 0 amide bonds. The molecule has 90 valence electrons. The van der Waals surface area contributed by atoms with Gasteiger partial charge >= 0.3 is 5.69 Å². The number of hydrogen-bond acceptors (Lipinski definition) is 2. The molecule has 0 spiro atoms. The molecule has 1 fully saturated rings. The van der Waals surface area contributed by atoms with Crippen LogP contribution in [0.25, 0.3) is 0 Å². The Morgan fingerprint density at radius 3 is 2.69 bits per heavy atom. The minimum absolute atomic E-state index is 0.128. The van der Waals surface area contributed by atoms with Crippen molar-refractivity contribution in [1.82, 2.24) is 14.5 Å². The van der Waals surface area contributed by atoms with Gasteiger partial charge in [-0.2, -0.15) is 0 Å². The standard InChI is InChI=1S/C12H21N3O/c1-3-6-14-7-8-15(12(14)16)9-11(13-2)10-4-5-10/h7-8,10-11,13H,3-6,9H2,1-2H3. The van der Waals surface area contributed by atoms with Crippen LogP contribution in [0.2, 0.25) is 0 Å². The second kappa shape index (κ2) is 4.87. The summed E-state index contributed by atoms with van der Waals surface area (Å²) in [6.07, 6.45) is 7.41. The van der Waals surface area contributed by atoms with E-state index in [2.05, 4.69) is 12.2 Å². The van der Waals surface area contributed by atoms with E-state index in [-0.39, 0.29) is 5.69 Å². The molecule has 0 radical (unpaired) electrons. The fourth-order valence-electron chi connectivity index (χ4n) is 2.19. The summed E-state index contributed by atoms with van der Waals surface area (Å²) in [7, 11) is 1.98. The lowest BCUT2D eigenvalue weighted by Gasteiger charge is -2.15. The lowest BCUT2D eigenvalue weighted by Crippen LogP contribution is -2.36. The Hall–Kier alpha value is -1.03. The Morgan fingerprint density at radius 2 is 2.12 bits per heavy atom. The molecule has 1 atom stereocenters. The smallest absolute Gasteiger partial charge is 0.315 e. The molecule has 1 aromatic rings. The van der Waals surface area contributed by atoms with Crippen LogP contribution in [-0.2, 0) is 13.1 Å². The molecule has 1 aliphatic carbocycles. The Morgan fingerprint density at radius 1 is 1.44 bits per heavy atom. The van der Waals surface area contributed by atoms with Gasteiger partial charge in [-0.3, -0.25) is 9.13 Å². The van der Waals surface area contributed by atoms with E-state index < -0.39 is 0 Å². The first-order valence-electron chi connectivity index (χ1n) is 6.19. The highest BCUT2D eigenvalue weighted by Crippen LogP contribution is 2.32. The SMILES string of the molecule is CCCn1ccn(CC(NC)C2CC2)c1=O. The van der Waals surface area contributed by atoms with Crippen LogP contribution in [0.5, 0.6) is 0 Å². The van der Waals surface area contributed by atoms with Crippen molar-refractivity contribution in [2.45, 2.75) is 45.3 Å². The summed E-state index contributed by atoms with van der Waals surface area (Å²) >= 11 is 0. The lowest BCUT2D eigenvalue weighted by atomic mass is 10.2. The third-order valence-corrected chi connectivity index (χ3v) is 3.34. The van der Waals surface area contributed by atoms with Crippen molar-refractivity contribution in [2.24, 2.45) is 5.92 Å². The van der Waals surface area contributed by atoms with E-state index in [4.69, 9.17) is 0 Å². The fourth-order valence-corrected chi connectivity index (χ4v) is 2.19. The Balaban J connectivity index is 2.05. The van der Waals surface area contributed by atoms with Crippen molar-refractivity contribution >= 4 is 0 Å². The molecule has 1 unspecified atom stereocenters. The highest BCUT2D eigenvalue weighted by Gasteiger charge is 2.30. The van der Waals surface area contributed by atoms with Gasteiger partial charge in [0, 0.05) is 31.5 Å². The molecule has 0 saturated heterocycles. The van der Waals surface area contributed by atoms with E-state index in [1.165, 1.54) is 12.8 Å². The highest BCUT2D eigenvalue weighted by atomic mass is 16.1. The maximum absolute atomic E-state index is 12.0. The number of imidazole rings is 1. The maximum Gasteiger partial charge on any atom is 0.328 e. The van der Waals surface area contributed by atoms with Crippen molar-refractivity contribution in [1.29, 1.82) is 0 Å². The lowest BCUT2D eigenvalue weighted by molar-refractivity contribution is 0.425. The van der Waals surface area contributed by atoms with Gasteiger partial charge in [-0.05, 0) is 32.2 Å². The van der Waals surface area contributed by atoms with Gasteiger partial charge in [0.05, 0.1) is 0 Å². The van der Waals surface area contributed by atoms with Gasteiger partial charge in [-0.1, -0.05) is 6.92 Å². The van der Waals surface area contributed by atoms with E-state index in [9.17, 15) is 4.79 Å². The van der Waals surface area contributed by atoms with E-state index in [0.717, 1.165) is 25.4 Å². The normalized spacial score (nSPS) is 17.6. The Labute approximate surface area is 96.3 Å². The predicted octanol–water partition coefficient (Wildman–Crippen LogP) is 1.06. The van der Waals surface area contributed by atoms with Crippen LogP contribution < -0.4 is 11.0 Å². The fraction of sp³-hybridized carbons (Fsp3) is 0.750. The zero-order valence-electron chi connectivity index (χ0n) is 10.1. The molecule has 1 N–H and O–H groups in total. The molecule has 0 aliphatic heterocycles. The van der Waals surface area contributed by atoms with Crippen LogP contribution in [-0.4, -0.2) is 22.2 Å². The second-order valence-electron chi connectivity index (χ2n) is 4.66. The van der Waals surface area contributed by atoms with E-state index >= 15 is 0 Å². The average molecular weight is 223 g/mol. The van der Waals surface area contributed by atoms with Crippen LogP contribution in [0.4, 0.5) is 0 Å². The number of aromatic nitrogens is 2. The molecule has 0 aromatic carbocycles. The molecular weight excluding hydrogens is 202 g/mol. The van der Waals surface area contributed by atoms with E-state index in [1.54, 1.807) is 4.57 Å². The van der Waals surface area contributed by atoms with Crippen LogP contribution in [0, 0.1) is 5.92 Å². The van der Waals surface area contributed by atoms with Crippen LogP contribution in [0.3, 0.4) is 0 Å². The minimum Gasteiger partial charge on any atom is -0.315 e. The summed E-state index contributed by atoms with van der Waals surface area (Å²) < 4.78 is 3.62. The van der Waals surface area contributed by atoms with Crippen molar-refractivity contribution < 1.29 is 0 Å². The van der Waals surface area contributed by atoms with Gasteiger partial charge in [-0.15, -0.1) is 0 Å². The molecule has 1 heterocycles. The third-order valence-electron chi connectivity index (χ3n) is 3.34. The Bertz CT molecular complexity index is 389. The highest BCUT2D eigenvalue weighted by molar-refractivity contribution is 4.89. The van der Waals surface area contributed by atoms with Crippen LogP contribution >= 0.6 is 0 Å². The molecule has 1 saturated carbocycles. The summed E-state index contributed by atoms with van der Waals surface area (Å²) in [4.78, 5) is 12.0. The van der Waals surface area contributed by atoms with Crippen LogP contribution in [0.15, 0.2) is 17.2 Å². The monoisotopic (exact) mass is 223 g/mol. The molecule has 0 bridgehead atoms. The maximum atomic E-state index is 12.0. The molecule has 2 rings (SSSR count). The van der Waals surface area contributed by atoms with Gasteiger partial charge in [0.2, 0.25) is 0 Å². The zero-order valence-corrected chi connectivity index (χ0v) is 10.1. The van der Waals surface area contributed by atoms with Gasteiger partial charge in [0.25, 0.3) is 0 Å². The van der Waals surface area contributed by atoms with Crippen molar-refractivity contribution in [3.05, 3.63) is 22.9 Å². The first kappa shape index (κ1) is 11.5. The average Bonchev–Trinajstić information content (AvgIpc) is 3.06. The summed E-state index contributed by atoms with van der Waals surface area (Å²) in [5.41, 5.74) is 0.128. The molecule has 4 nitrogen and oxygen atoms in total. The van der Waals surface area contributed by atoms with E-state index in [1.807, 2.05) is 24.0 Å². The number of hydrogen-bond donors (Lipinski definition) is 1. The Kier molecular flexibility index (Phi) is 3.49. The van der Waals surface area contributed by atoms with Crippen LogP contribution in [0.1, 0.15) is 26.2 Å². The van der Waals surface area contributed by atoms with Gasteiger partial charge in [0.1, 0.15) is 0 Å². The third kappa shape index (κ3) is 2.38. The summed E-state index contributed by atoms with van der Waals surface area (Å²) in [6.45, 7) is 3.71. The first-order valence-corrected chi connectivity index (χ1v) is 6.19. The minimum atomic E-state index is 0.128. The van der Waals surface area contributed by atoms with Gasteiger partial charge < -0.3 is 5.32 Å². The van der Waals surface area contributed by atoms with Crippen molar-refractivity contribution in [3.8, 4) is 0 Å². The summed E-state index contributed by atoms with van der Waals surface area (Å²) in [6, 6.07) is 0.454. The zero-order chi connectivity index (χ0) is 11.5. The second-order valence-corrected chi connectivity index (χ2v) is 4.66. The first-order chi connectivity index (χ1) is 7.76. The number of nitrogens with zero attached hydrogens (tertiary/aromatic N) is 2. The number of rotatable bonds is 6. The van der Waals surface area contributed by atoms with Crippen molar-refractivity contribution in [3.63, 3.8) is 0 Å². The predicted molar refractivity (Wildman–Crippen MR) is 64.6 cm³/mol. The number of likely N-dealkylation sites (N-methyl/N-ethyl adjacent to an activating group) is 1. The van der Waals surface area contributed by atoms with Crippen molar-refractivity contribution in [2.75, 3.05) is 7.05 Å².